The predicted molar refractivity (Wildman–Crippen MR) is 177 cm³/mol. The summed E-state index contributed by atoms with van der Waals surface area (Å²) in [6, 6.07) is 16.6. The summed E-state index contributed by atoms with van der Waals surface area (Å²) in [4.78, 5) is 55.4. The predicted octanol–water partition coefficient (Wildman–Crippen LogP) is 2.66. The Morgan fingerprint density at radius 2 is 1.40 bits per heavy atom. The first-order chi connectivity index (χ1) is 21.7. The van der Waals surface area contributed by atoms with E-state index < -0.39 is 35.8 Å². The molecule has 4 aliphatic rings. The van der Waals surface area contributed by atoms with E-state index in [-0.39, 0.29) is 18.5 Å². The Bertz CT molecular complexity index is 1300. The average Bonchev–Trinajstić information content (AvgIpc) is 3.03. The fourth-order valence-corrected chi connectivity index (χ4v) is 8.66. The second kappa shape index (κ2) is 15.3. The van der Waals surface area contributed by atoms with Crippen molar-refractivity contribution in [3.8, 4) is 0 Å². The van der Waals surface area contributed by atoms with Gasteiger partial charge in [0.2, 0.25) is 23.6 Å². The molecule has 4 amide bonds. The van der Waals surface area contributed by atoms with Gasteiger partial charge in [-0.1, -0.05) is 60.7 Å². The van der Waals surface area contributed by atoms with Crippen LogP contribution in [0.15, 0.2) is 60.7 Å². The molecule has 242 valence electrons. The van der Waals surface area contributed by atoms with E-state index in [1.54, 1.807) is 16.7 Å². The van der Waals surface area contributed by atoms with Gasteiger partial charge in [0.25, 0.3) is 0 Å². The number of nitrogens with two attached hydrogens (primary N) is 2. The van der Waals surface area contributed by atoms with Crippen molar-refractivity contribution < 1.29 is 19.2 Å². The molecule has 6 N–H and O–H groups in total. The average molecular weight is 634 g/mol. The number of primary amides is 1. The minimum absolute atomic E-state index is 0.0774. The summed E-state index contributed by atoms with van der Waals surface area (Å²) in [6.07, 6.45) is 8.53. The van der Waals surface area contributed by atoms with Crippen molar-refractivity contribution in [1.82, 2.24) is 15.5 Å². The Morgan fingerprint density at radius 3 is 1.93 bits per heavy atom. The van der Waals surface area contributed by atoms with Crippen LogP contribution in [0.3, 0.4) is 0 Å². The van der Waals surface area contributed by atoms with Crippen LogP contribution in [0.4, 0.5) is 0 Å². The molecule has 2 aromatic carbocycles. The maximum absolute atomic E-state index is 14.2. The van der Waals surface area contributed by atoms with Gasteiger partial charge in [-0.3, -0.25) is 19.2 Å². The van der Waals surface area contributed by atoms with Crippen LogP contribution in [0, 0.1) is 23.7 Å². The lowest BCUT2D eigenvalue weighted by molar-refractivity contribution is -0.153. The maximum Gasteiger partial charge on any atom is 0.243 e. The van der Waals surface area contributed by atoms with E-state index in [1.807, 2.05) is 66.9 Å². The molecule has 4 saturated carbocycles. The van der Waals surface area contributed by atoms with Gasteiger partial charge < -0.3 is 27.0 Å². The number of carbonyl (C=O) groups excluding carboxylic acids is 4. The number of benzene rings is 2. The van der Waals surface area contributed by atoms with Gasteiger partial charge in [-0.2, -0.15) is 11.8 Å². The summed E-state index contributed by atoms with van der Waals surface area (Å²) in [5.74, 6) is 0.976. The van der Waals surface area contributed by atoms with Crippen molar-refractivity contribution >= 4 is 35.4 Å². The number of rotatable bonds is 15. The molecule has 4 bridgehead atoms. The van der Waals surface area contributed by atoms with E-state index in [0.717, 1.165) is 36.8 Å². The van der Waals surface area contributed by atoms with Crippen LogP contribution in [0.5, 0.6) is 0 Å². The van der Waals surface area contributed by atoms with Gasteiger partial charge in [-0.25, -0.2) is 0 Å². The fourth-order valence-electron chi connectivity index (χ4n) is 8.19. The lowest BCUT2D eigenvalue weighted by atomic mass is 9.53. The summed E-state index contributed by atoms with van der Waals surface area (Å²) in [6.45, 7) is -0.276. The van der Waals surface area contributed by atoms with Gasteiger partial charge in [0.1, 0.15) is 12.1 Å². The minimum Gasteiger partial charge on any atom is -0.368 e. The highest BCUT2D eigenvalue weighted by atomic mass is 32.2. The van der Waals surface area contributed by atoms with Crippen molar-refractivity contribution in [2.75, 3.05) is 18.6 Å². The molecule has 3 atom stereocenters. The number of carbonyl (C=O) groups is 4. The molecule has 0 unspecified atom stereocenters. The number of hydrogen-bond donors (Lipinski definition) is 4. The van der Waals surface area contributed by atoms with Gasteiger partial charge in [-0.05, 0) is 91.8 Å². The SMILES string of the molecule is CSCC[C@@H](NC(=O)[C@H](N)Cc1ccccc1)C(=O)NCC(=O)N(C1C2CC3CC(C2)CC1C3)[C@@H](Cc1ccccc1)C(N)=O. The van der Waals surface area contributed by atoms with Crippen LogP contribution < -0.4 is 22.1 Å². The first-order valence-electron chi connectivity index (χ1n) is 16.2. The second-order valence-corrected chi connectivity index (χ2v) is 14.2. The third-order valence-electron chi connectivity index (χ3n) is 10.0. The van der Waals surface area contributed by atoms with Crippen molar-refractivity contribution in [3.63, 3.8) is 0 Å². The van der Waals surface area contributed by atoms with Crippen molar-refractivity contribution in [2.24, 2.45) is 35.1 Å². The third-order valence-corrected chi connectivity index (χ3v) is 10.7. The highest BCUT2D eigenvalue weighted by molar-refractivity contribution is 7.98. The molecule has 0 aromatic heterocycles. The van der Waals surface area contributed by atoms with E-state index in [9.17, 15) is 19.2 Å². The molecule has 6 rings (SSSR count). The summed E-state index contributed by atoms with van der Waals surface area (Å²) < 4.78 is 0. The molecule has 0 spiro atoms. The van der Waals surface area contributed by atoms with Gasteiger partial charge in [0.15, 0.2) is 0 Å². The quantitative estimate of drug-likeness (QED) is 0.237. The number of nitrogens with one attached hydrogen (secondary N) is 2. The van der Waals surface area contributed by atoms with Gasteiger partial charge in [-0.15, -0.1) is 0 Å². The zero-order valence-corrected chi connectivity index (χ0v) is 26.9. The number of nitrogens with zero attached hydrogens (tertiary/aromatic N) is 1. The van der Waals surface area contributed by atoms with Crippen LogP contribution in [0.2, 0.25) is 0 Å². The largest absolute Gasteiger partial charge is 0.368 e. The Morgan fingerprint density at radius 1 is 0.844 bits per heavy atom. The molecule has 10 heteroatoms. The van der Waals surface area contributed by atoms with Crippen molar-refractivity contribution in [3.05, 3.63) is 71.8 Å². The smallest absolute Gasteiger partial charge is 0.243 e. The van der Waals surface area contributed by atoms with Crippen LogP contribution in [0.25, 0.3) is 0 Å². The summed E-state index contributed by atoms with van der Waals surface area (Å²) >= 11 is 1.57. The molecule has 0 aliphatic heterocycles. The molecule has 45 heavy (non-hydrogen) atoms. The van der Waals surface area contributed by atoms with E-state index in [2.05, 4.69) is 10.6 Å². The maximum atomic E-state index is 14.2. The van der Waals surface area contributed by atoms with Crippen LogP contribution in [-0.4, -0.2) is 71.2 Å². The van der Waals surface area contributed by atoms with Gasteiger partial charge >= 0.3 is 0 Å². The Labute approximate surface area is 270 Å². The Kier molecular flexibility index (Phi) is 11.2. The Hall–Kier alpha value is -3.37. The lowest BCUT2D eigenvalue weighted by Crippen LogP contribution is -2.64. The first kappa shape index (κ1) is 33.0. The molecule has 0 heterocycles. The molecule has 4 fully saturated rings. The fraction of sp³-hybridized carbons (Fsp3) is 0.543. The van der Waals surface area contributed by atoms with Crippen LogP contribution in [-0.2, 0) is 32.0 Å². The minimum atomic E-state index is -0.842. The highest BCUT2D eigenvalue weighted by Crippen LogP contribution is 2.55. The first-order valence-corrected chi connectivity index (χ1v) is 17.6. The van der Waals surface area contributed by atoms with E-state index in [1.165, 1.54) is 6.42 Å². The summed E-state index contributed by atoms with van der Waals surface area (Å²) in [5.41, 5.74) is 14.1. The number of amides is 4. The molecular formula is C35H47N5O4S. The molecule has 9 nitrogen and oxygen atoms in total. The standard InChI is InChI=1S/C35H47N5O4S/c1-45-13-12-29(39-34(43)28(36)19-22-8-4-2-5-9-22)35(44)38-21-31(41)40(30(33(37)42)20-23-10-6-3-7-11-23)32-26-15-24-14-25(17-26)18-27(32)16-24/h2-11,24-30,32H,12-21,36H2,1H3,(H2,37,42)(H,38,44)(H,39,43)/t24?,25?,26?,27?,28-,29-,30+,32?/m1/s1. The molecule has 0 saturated heterocycles. The van der Waals surface area contributed by atoms with E-state index >= 15 is 0 Å². The molecule has 2 aromatic rings. The highest BCUT2D eigenvalue weighted by Gasteiger charge is 2.52. The third kappa shape index (κ3) is 8.27. The topological polar surface area (TPSA) is 148 Å². The van der Waals surface area contributed by atoms with Crippen LogP contribution >= 0.6 is 11.8 Å². The summed E-state index contributed by atoms with van der Waals surface area (Å²) in [7, 11) is 0. The van der Waals surface area contributed by atoms with Crippen molar-refractivity contribution in [1.29, 1.82) is 0 Å². The zero-order chi connectivity index (χ0) is 31.9. The number of hydrogen-bond acceptors (Lipinski definition) is 6. The van der Waals surface area contributed by atoms with Crippen molar-refractivity contribution in [2.45, 2.75) is 75.5 Å². The normalized spacial score (nSPS) is 25.2. The molecular weight excluding hydrogens is 586 g/mol. The van der Waals surface area contributed by atoms with Gasteiger partial charge in [0.05, 0.1) is 12.6 Å². The Balaban J connectivity index is 1.30. The second-order valence-electron chi connectivity index (χ2n) is 13.2. The zero-order valence-electron chi connectivity index (χ0n) is 26.1. The monoisotopic (exact) mass is 633 g/mol. The summed E-state index contributed by atoms with van der Waals surface area (Å²) in [5, 5.41) is 5.61. The van der Waals surface area contributed by atoms with Gasteiger partial charge in [0, 0.05) is 12.5 Å². The number of thioether (sulfide) groups is 1. The van der Waals surface area contributed by atoms with Crippen LogP contribution in [0.1, 0.15) is 49.7 Å². The van der Waals surface area contributed by atoms with E-state index in [0.29, 0.717) is 48.7 Å². The van der Waals surface area contributed by atoms with E-state index in [4.69, 9.17) is 11.5 Å². The molecule has 0 radical (unpaired) electrons. The molecule has 4 aliphatic carbocycles. The lowest BCUT2D eigenvalue weighted by Gasteiger charge is -2.58.